The molecule has 2 fully saturated rings. The zero-order valence-corrected chi connectivity index (χ0v) is 16.3. The van der Waals surface area contributed by atoms with Gasteiger partial charge in [0.2, 0.25) is 0 Å². The summed E-state index contributed by atoms with van der Waals surface area (Å²) in [4.78, 5) is 0. The molecule has 2 N–H and O–H groups in total. The SMILES string of the molecule is NC12CC1([N-]N1CCc3ccccc3[C@@H]1c1ccc(F)cc1)C2.[Y]. The predicted molar refractivity (Wildman–Crippen MR) is 87.3 cm³/mol. The fourth-order valence-electron chi connectivity index (χ4n) is 3.98. The van der Waals surface area contributed by atoms with Gasteiger partial charge in [0.1, 0.15) is 5.82 Å². The molecule has 0 aromatic heterocycles. The summed E-state index contributed by atoms with van der Waals surface area (Å²) >= 11 is 0. The minimum Gasteiger partial charge on any atom is -0.587 e. The van der Waals surface area contributed by atoms with Crippen LogP contribution in [0.1, 0.15) is 35.6 Å². The zero-order valence-electron chi connectivity index (χ0n) is 13.5. The maximum Gasteiger partial charge on any atom is 0.123 e. The van der Waals surface area contributed by atoms with Crippen molar-refractivity contribution in [2.75, 3.05) is 6.54 Å². The van der Waals surface area contributed by atoms with Crippen LogP contribution in [0, 0.1) is 5.82 Å². The molecule has 0 saturated heterocycles. The van der Waals surface area contributed by atoms with E-state index in [-0.39, 0.29) is 55.6 Å². The van der Waals surface area contributed by atoms with Gasteiger partial charge in [0.05, 0.1) is 0 Å². The number of hydrogen-bond acceptors (Lipinski definition) is 2. The molecule has 5 rings (SSSR count). The Morgan fingerprint density at radius 1 is 1.08 bits per heavy atom. The van der Waals surface area contributed by atoms with Gasteiger partial charge < -0.3 is 16.2 Å². The second-order valence-electron chi connectivity index (χ2n) is 7.21. The molecular formula is C19H19FN3Y-. The van der Waals surface area contributed by atoms with Crippen molar-refractivity contribution in [2.45, 2.75) is 36.4 Å². The van der Waals surface area contributed by atoms with E-state index in [4.69, 9.17) is 11.2 Å². The van der Waals surface area contributed by atoms with E-state index in [0.717, 1.165) is 31.4 Å². The Morgan fingerprint density at radius 2 is 1.75 bits per heavy atom. The molecule has 0 spiro atoms. The molecule has 2 aromatic carbocycles. The van der Waals surface area contributed by atoms with Gasteiger partial charge in [-0.05, 0) is 54.6 Å². The van der Waals surface area contributed by atoms with Gasteiger partial charge in [0, 0.05) is 44.3 Å². The van der Waals surface area contributed by atoms with Gasteiger partial charge >= 0.3 is 0 Å². The van der Waals surface area contributed by atoms with E-state index in [2.05, 4.69) is 29.3 Å². The van der Waals surface area contributed by atoms with Gasteiger partial charge in [-0.3, -0.25) is 0 Å². The smallest absolute Gasteiger partial charge is 0.123 e. The van der Waals surface area contributed by atoms with E-state index in [1.54, 1.807) is 0 Å². The molecule has 5 heteroatoms. The van der Waals surface area contributed by atoms with Crippen molar-refractivity contribution in [3.8, 4) is 0 Å². The van der Waals surface area contributed by atoms with Crippen LogP contribution in [-0.4, -0.2) is 22.6 Å². The summed E-state index contributed by atoms with van der Waals surface area (Å²) in [5.74, 6) is -0.203. The van der Waals surface area contributed by atoms with E-state index in [1.165, 1.54) is 23.3 Å². The van der Waals surface area contributed by atoms with Crippen molar-refractivity contribution >= 4 is 0 Å². The Morgan fingerprint density at radius 3 is 2.42 bits per heavy atom. The number of rotatable bonds is 3. The van der Waals surface area contributed by atoms with Gasteiger partial charge in [-0.2, -0.15) is 0 Å². The molecule has 0 unspecified atom stereocenters. The van der Waals surface area contributed by atoms with Crippen LogP contribution in [0.4, 0.5) is 4.39 Å². The average molecular weight is 397 g/mol. The first-order chi connectivity index (χ1) is 11.1. The molecule has 121 valence electrons. The maximum absolute atomic E-state index is 13.3. The first-order valence-corrected chi connectivity index (χ1v) is 8.22. The Bertz CT molecular complexity index is 770. The van der Waals surface area contributed by atoms with Crippen molar-refractivity contribution in [1.82, 2.24) is 5.01 Å². The molecule has 2 aromatic rings. The standard InChI is InChI=1S/C19H19FN3.Y/c20-15-7-5-14(6-8-15)17-16-4-2-1-3-13(16)9-10-23(17)22-19-11-18(19,21)12-19;/h1-8,17H,9-12,21H2;/q-1;/t17-,18?,19?;/m0./s1. The van der Waals surface area contributed by atoms with Crippen molar-refractivity contribution < 1.29 is 37.1 Å². The summed E-state index contributed by atoms with van der Waals surface area (Å²) < 4.78 is 13.3. The quantitative estimate of drug-likeness (QED) is 0.864. The van der Waals surface area contributed by atoms with Crippen LogP contribution < -0.4 is 5.73 Å². The Kier molecular flexibility index (Phi) is 3.98. The van der Waals surface area contributed by atoms with Crippen molar-refractivity contribution in [2.24, 2.45) is 5.73 Å². The van der Waals surface area contributed by atoms with Crippen molar-refractivity contribution in [3.05, 3.63) is 76.5 Å². The van der Waals surface area contributed by atoms with Crippen LogP contribution in [0.2, 0.25) is 0 Å². The topological polar surface area (TPSA) is 43.4 Å². The number of nitrogens with zero attached hydrogens (tertiary/aromatic N) is 2. The third-order valence-corrected chi connectivity index (χ3v) is 5.66. The zero-order chi connectivity index (χ0) is 15.7. The van der Waals surface area contributed by atoms with E-state index >= 15 is 0 Å². The summed E-state index contributed by atoms with van der Waals surface area (Å²) in [7, 11) is 0. The minimum atomic E-state index is -0.203. The Hall–Kier alpha value is -0.646. The number of fused-ring (bicyclic) bond motifs is 2. The molecule has 0 amide bonds. The molecule has 24 heavy (non-hydrogen) atoms. The van der Waals surface area contributed by atoms with Crippen LogP contribution in [-0.2, 0) is 39.1 Å². The van der Waals surface area contributed by atoms with Crippen LogP contribution in [0.15, 0.2) is 48.5 Å². The molecule has 1 radical (unpaired) electrons. The molecule has 1 heterocycles. The van der Waals surface area contributed by atoms with Gasteiger partial charge in [-0.15, -0.1) is 0 Å². The van der Waals surface area contributed by atoms with Crippen LogP contribution in [0.25, 0.3) is 5.43 Å². The monoisotopic (exact) mass is 397 g/mol. The molecular weight excluding hydrogens is 378 g/mol. The van der Waals surface area contributed by atoms with Gasteiger partial charge in [0.15, 0.2) is 0 Å². The number of halogens is 1. The summed E-state index contributed by atoms with van der Waals surface area (Å²) in [6, 6.07) is 15.4. The van der Waals surface area contributed by atoms with Crippen LogP contribution in [0.5, 0.6) is 0 Å². The maximum atomic E-state index is 13.3. The first kappa shape index (κ1) is 16.8. The van der Waals surface area contributed by atoms with Gasteiger partial charge in [-0.25, -0.2) is 4.39 Å². The summed E-state index contributed by atoms with van der Waals surface area (Å²) in [5, 5.41) is 2.19. The second kappa shape index (κ2) is 5.68. The molecule has 1 atom stereocenters. The number of hydrogen-bond donors (Lipinski definition) is 1. The Balaban J connectivity index is 0.00000146. The predicted octanol–water partition coefficient (Wildman–Crippen LogP) is 3.30. The Labute approximate surface area is 166 Å². The van der Waals surface area contributed by atoms with Crippen molar-refractivity contribution in [3.63, 3.8) is 0 Å². The third kappa shape index (κ3) is 2.51. The normalized spacial score (nSPS) is 33.2. The fraction of sp³-hybridized carbons (Fsp3) is 0.368. The van der Waals surface area contributed by atoms with E-state index in [1.807, 2.05) is 12.1 Å². The minimum absolute atomic E-state index is 0. The fourth-order valence-corrected chi connectivity index (χ4v) is 3.98. The second-order valence-corrected chi connectivity index (χ2v) is 7.21. The summed E-state index contributed by atoms with van der Waals surface area (Å²) in [6.45, 7) is 0.886. The molecule has 2 aliphatic carbocycles. The largest absolute Gasteiger partial charge is 0.587 e. The van der Waals surface area contributed by atoms with E-state index < -0.39 is 0 Å². The van der Waals surface area contributed by atoms with E-state index in [0.29, 0.717) is 0 Å². The average Bonchev–Trinajstić information content (AvgIpc) is 3.32. The number of nitrogens with two attached hydrogens (primary N) is 1. The molecule has 1 aliphatic heterocycles. The molecule has 0 bridgehead atoms. The van der Waals surface area contributed by atoms with Crippen LogP contribution >= 0.6 is 0 Å². The first-order valence-electron chi connectivity index (χ1n) is 8.22. The van der Waals surface area contributed by atoms with Gasteiger partial charge in [0.25, 0.3) is 0 Å². The van der Waals surface area contributed by atoms with E-state index in [9.17, 15) is 4.39 Å². The molecule has 3 nitrogen and oxygen atoms in total. The summed E-state index contributed by atoms with van der Waals surface area (Å²) in [6.07, 6.45) is 3.01. The third-order valence-electron chi connectivity index (χ3n) is 5.66. The molecule has 2 saturated carbocycles. The van der Waals surface area contributed by atoms with Crippen molar-refractivity contribution in [1.29, 1.82) is 0 Å². The molecule has 3 aliphatic rings. The summed E-state index contributed by atoms with van der Waals surface area (Å²) in [5.41, 5.74) is 14.9. The number of benzene rings is 2. The van der Waals surface area contributed by atoms with Gasteiger partial charge in [-0.1, -0.05) is 41.9 Å². The van der Waals surface area contributed by atoms with Crippen LogP contribution in [0.3, 0.4) is 0 Å².